The summed E-state index contributed by atoms with van der Waals surface area (Å²) < 4.78 is 11.4. The number of rotatable bonds is 6. The van der Waals surface area contributed by atoms with Crippen molar-refractivity contribution in [2.45, 2.75) is 51.8 Å². The van der Waals surface area contributed by atoms with Crippen molar-refractivity contribution in [2.75, 3.05) is 13.2 Å². The Morgan fingerprint density at radius 2 is 1.96 bits per heavy atom. The lowest BCUT2D eigenvalue weighted by Crippen LogP contribution is -2.37. The van der Waals surface area contributed by atoms with Gasteiger partial charge in [0.25, 0.3) is 0 Å². The summed E-state index contributed by atoms with van der Waals surface area (Å²) in [5, 5.41) is 2.15. The van der Waals surface area contributed by atoms with Gasteiger partial charge in [0.1, 0.15) is 18.0 Å². The van der Waals surface area contributed by atoms with Gasteiger partial charge in [-0.15, -0.1) is 0 Å². The number of carbonyl (C=O) groups excluding carboxylic acids is 1. The molecule has 1 fully saturated rings. The minimum absolute atomic E-state index is 0.252. The second-order valence-corrected chi connectivity index (χ2v) is 7.79. The fourth-order valence-corrected chi connectivity index (χ4v) is 2.96. The van der Waals surface area contributed by atoms with Gasteiger partial charge in [0.2, 0.25) is 0 Å². The molecule has 0 bridgehead atoms. The average Bonchev–Trinajstić information content (AvgIpc) is 3.40. The molecule has 0 aromatic heterocycles. The summed E-state index contributed by atoms with van der Waals surface area (Å²) in [5.74, 6) is 0.809. The minimum Gasteiger partial charge on any atom is -0.492 e. The first-order valence-corrected chi connectivity index (χ1v) is 9.21. The highest BCUT2D eigenvalue weighted by atomic mass is 16.6. The van der Waals surface area contributed by atoms with Crippen LogP contribution in [0.5, 0.6) is 5.75 Å². The second-order valence-electron chi connectivity index (χ2n) is 7.79. The zero-order chi connectivity index (χ0) is 18.7. The fraction of sp³-hybridized carbons (Fsp3) is 0.476. The summed E-state index contributed by atoms with van der Waals surface area (Å²) in [6.07, 6.45) is 1.81. The smallest absolute Gasteiger partial charge is 0.410 e. The highest BCUT2D eigenvalue weighted by Crippen LogP contribution is 2.33. The molecule has 1 saturated carbocycles. The normalized spacial score (nSPS) is 14.3. The van der Waals surface area contributed by atoms with E-state index in [1.54, 1.807) is 0 Å². The lowest BCUT2D eigenvalue weighted by atomic mass is 10.1. The molecule has 26 heavy (non-hydrogen) atoms. The quantitative estimate of drug-likeness (QED) is 0.847. The van der Waals surface area contributed by atoms with E-state index in [0.29, 0.717) is 19.7 Å². The SMILES string of the molecule is CC(C)(C)OC(=O)N(Cc1cc(OCCN)c2ccccc2c1)C1CC1. The Morgan fingerprint density at radius 1 is 1.23 bits per heavy atom. The molecule has 2 N–H and O–H groups in total. The maximum atomic E-state index is 12.6. The molecule has 0 unspecified atom stereocenters. The molecule has 0 radical (unpaired) electrons. The Morgan fingerprint density at radius 3 is 2.62 bits per heavy atom. The molecule has 0 atom stereocenters. The number of nitrogens with zero attached hydrogens (tertiary/aromatic N) is 1. The molecule has 1 aliphatic carbocycles. The molecule has 2 aromatic carbocycles. The van der Waals surface area contributed by atoms with Crippen LogP contribution in [-0.2, 0) is 11.3 Å². The van der Waals surface area contributed by atoms with E-state index in [2.05, 4.69) is 12.1 Å². The van der Waals surface area contributed by atoms with Gasteiger partial charge in [-0.1, -0.05) is 24.3 Å². The monoisotopic (exact) mass is 356 g/mol. The third-order valence-electron chi connectivity index (χ3n) is 4.23. The zero-order valence-electron chi connectivity index (χ0n) is 15.8. The molecule has 5 nitrogen and oxygen atoms in total. The van der Waals surface area contributed by atoms with Gasteiger partial charge in [0, 0.05) is 24.5 Å². The molecule has 1 aliphatic rings. The van der Waals surface area contributed by atoms with Crippen LogP contribution in [0.1, 0.15) is 39.2 Å². The predicted octanol–water partition coefficient (Wildman–Crippen LogP) is 4.08. The van der Waals surface area contributed by atoms with Crippen LogP contribution < -0.4 is 10.5 Å². The molecule has 0 aliphatic heterocycles. The van der Waals surface area contributed by atoms with E-state index < -0.39 is 5.60 Å². The van der Waals surface area contributed by atoms with Crippen molar-refractivity contribution in [1.29, 1.82) is 0 Å². The highest BCUT2D eigenvalue weighted by molar-refractivity contribution is 5.89. The van der Waals surface area contributed by atoms with Crippen LogP contribution in [0.3, 0.4) is 0 Å². The lowest BCUT2D eigenvalue weighted by Gasteiger charge is -2.27. The molecule has 3 rings (SSSR count). The Kier molecular flexibility index (Phi) is 5.37. The molecular formula is C21H28N2O3. The molecule has 2 aromatic rings. The van der Waals surface area contributed by atoms with E-state index in [4.69, 9.17) is 15.2 Å². The van der Waals surface area contributed by atoms with E-state index in [-0.39, 0.29) is 12.1 Å². The number of hydrogen-bond donors (Lipinski definition) is 1. The first-order valence-electron chi connectivity index (χ1n) is 9.21. The van der Waals surface area contributed by atoms with Gasteiger partial charge < -0.3 is 20.1 Å². The summed E-state index contributed by atoms with van der Waals surface area (Å²) in [6, 6.07) is 12.5. The van der Waals surface area contributed by atoms with Crippen molar-refractivity contribution in [2.24, 2.45) is 5.73 Å². The van der Waals surface area contributed by atoms with Crippen molar-refractivity contribution in [3.05, 3.63) is 42.0 Å². The van der Waals surface area contributed by atoms with Crippen LogP contribution in [0.25, 0.3) is 10.8 Å². The number of ether oxygens (including phenoxy) is 2. The van der Waals surface area contributed by atoms with Gasteiger partial charge in [-0.05, 0) is 56.7 Å². The Hall–Kier alpha value is -2.27. The highest BCUT2D eigenvalue weighted by Gasteiger charge is 2.35. The van der Waals surface area contributed by atoms with Crippen molar-refractivity contribution in [1.82, 2.24) is 4.90 Å². The topological polar surface area (TPSA) is 64.8 Å². The van der Waals surface area contributed by atoms with Crippen molar-refractivity contribution >= 4 is 16.9 Å². The molecule has 5 heteroatoms. The molecule has 140 valence electrons. The number of hydrogen-bond acceptors (Lipinski definition) is 4. The van der Waals surface area contributed by atoms with Gasteiger partial charge in [-0.2, -0.15) is 0 Å². The van der Waals surface area contributed by atoms with Gasteiger partial charge in [-0.3, -0.25) is 0 Å². The van der Waals surface area contributed by atoms with Gasteiger partial charge in [-0.25, -0.2) is 4.79 Å². The van der Waals surface area contributed by atoms with E-state index in [0.717, 1.165) is 34.9 Å². The first kappa shape index (κ1) is 18.5. The van der Waals surface area contributed by atoms with Crippen LogP contribution in [0.4, 0.5) is 4.79 Å². The van der Waals surface area contributed by atoms with Crippen molar-refractivity contribution in [3.63, 3.8) is 0 Å². The average molecular weight is 356 g/mol. The van der Waals surface area contributed by atoms with Crippen LogP contribution in [-0.4, -0.2) is 35.8 Å². The number of carbonyl (C=O) groups is 1. The third kappa shape index (κ3) is 4.67. The van der Waals surface area contributed by atoms with E-state index in [1.165, 1.54) is 0 Å². The van der Waals surface area contributed by atoms with Crippen LogP contribution in [0.2, 0.25) is 0 Å². The summed E-state index contributed by atoms with van der Waals surface area (Å²) in [5.41, 5.74) is 6.13. The lowest BCUT2D eigenvalue weighted by molar-refractivity contribution is 0.0216. The zero-order valence-corrected chi connectivity index (χ0v) is 15.8. The summed E-state index contributed by atoms with van der Waals surface area (Å²) in [7, 11) is 0. The minimum atomic E-state index is -0.497. The third-order valence-corrected chi connectivity index (χ3v) is 4.23. The number of nitrogens with two attached hydrogens (primary N) is 1. The van der Waals surface area contributed by atoms with Gasteiger partial charge >= 0.3 is 6.09 Å². The Labute approximate surface area is 155 Å². The van der Waals surface area contributed by atoms with Crippen molar-refractivity contribution in [3.8, 4) is 5.75 Å². The standard InChI is InChI=1S/C21H28N2O3/c1-21(2,3)26-20(24)23(17-8-9-17)14-15-12-16-6-4-5-7-18(16)19(13-15)25-11-10-22/h4-7,12-13,17H,8-11,14,22H2,1-3H3. The maximum Gasteiger partial charge on any atom is 0.410 e. The summed E-state index contributed by atoms with van der Waals surface area (Å²) >= 11 is 0. The van der Waals surface area contributed by atoms with Crippen molar-refractivity contribution < 1.29 is 14.3 Å². The molecule has 0 heterocycles. The fourth-order valence-electron chi connectivity index (χ4n) is 2.96. The first-order chi connectivity index (χ1) is 12.4. The molecule has 0 saturated heterocycles. The predicted molar refractivity (Wildman–Crippen MR) is 103 cm³/mol. The maximum absolute atomic E-state index is 12.6. The van der Waals surface area contributed by atoms with Crippen LogP contribution in [0.15, 0.2) is 36.4 Å². The molecular weight excluding hydrogens is 328 g/mol. The van der Waals surface area contributed by atoms with Crippen LogP contribution in [0, 0.1) is 0 Å². The Bertz CT molecular complexity index is 778. The summed E-state index contributed by atoms with van der Waals surface area (Å²) in [4.78, 5) is 14.5. The molecule has 0 spiro atoms. The van der Waals surface area contributed by atoms with Gasteiger partial charge in [0.05, 0.1) is 0 Å². The number of amides is 1. The second kappa shape index (κ2) is 7.54. The Balaban J connectivity index is 1.87. The number of fused-ring (bicyclic) bond motifs is 1. The van der Waals surface area contributed by atoms with Gasteiger partial charge in [0.15, 0.2) is 0 Å². The largest absolute Gasteiger partial charge is 0.492 e. The van der Waals surface area contributed by atoms with E-state index in [9.17, 15) is 4.79 Å². The van der Waals surface area contributed by atoms with E-state index in [1.807, 2.05) is 49.9 Å². The van der Waals surface area contributed by atoms with Crippen LogP contribution >= 0.6 is 0 Å². The molecule has 1 amide bonds. The number of benzene rings is 2. The summed E-state index contributed by atoms with van der Waals surface area (Å²) in [6.45, 7) is 7.13. The van der Waals surface area contributed by atoms with E-state index >= 15 is 0 Å².